The molecule has 0 bridgehead atoms. The molecule has 0 atom stereocenters. The molecule has 0 aliphatic heterocycles. The van der Waals surface area contributed by atoms with Crippen LogP contribution < -0.4 is 20.3 Å². The second-order valence-electron chi connectivity index (χ2n) is 7.11. The first-order valence-electron chi connectivity index (χ1n) is 10.4. The molecule has 35 heavy (non-hydrogen) atoms. The van der Waals surface area contributed by atoms with Crippen LogP contribution in [-0.4, -0.2) is 42.5 Å². The minimum atomic E-state index is -0.782. The topological polar surface area (TPSA) is 109 Å². The first-order chi connectivity index (χ1) is 16.9. The van der Waals surface area contributed by atoms with Gasteiger partial charge in [0.1, 0.15) is 28.0 Å². The summed E-state index contributed by atoms with van der Waals surface area (Å²) in [5.41, 5.74) is -0.839. The van der Waals surface area contributed by atoms with Crippen LogP contribution >= 0.6 is 11.3 Å². The number of ether oxygens (including phenoxy) is 3. The van der Waals surface area contributed by atoms with Crippen molar-refractivity contribution < 1.29 is 28.2 Å². The third kappa shape index (κ3) is 4.45. The van der Waals surface area contributed by atoms with E-state index in [0.717, 1.165) is 16.0 Å². The van der Waals surface area contributed by atoms with E-state index in [0.29, 0.717) is 5.75 Å². The van der Waals surface area contributed by atoms with E-state index in [-0.39, 0.29) is 45.1 Å². The second-order valence-corrected chi connectivity index (χ2v) is 7.99. The average Bonchev–Trinajstić information content (AvgIpc) is 3.28. The van der Waals surface area contributed by atoms with E-state index in [1.54, 1.807) is 19.1 Å². The summed E-state index contributed by atoms with van der Waals surface area (Å²) in [6.45, 7) is 1.70. The number of esters is 1. The van der Waals surface area contributed by atoms with Crippen LogP contribution in [0, 0.1) is 5.82 Å². The largest absolute Gasteiger partial charge is 0.497 e. The third-order valence-electron chi connectivity index (χ3n) is 5.08. The fourth-order valence-corrected chi connectivity index (χ4v) is 4.37. The summed E-state index contributed by atoms with van der Waals surface area (Å²) in [5.74, 6) is -1.28. The predicted molar refractivity (Wildman–Crippen MR) is 129 cm³/mol. The normalized spacial score (nSPS) is 10.7. The standard InChI is InChI=1S/C24H20FN3O6S/c1-4-34-24(31)20-15-12-35-22(26-21(29)14-10-9-13(32-2)11-18(14)33-3)19(15)23(30)28(27-20)17-8-6-5-7-16(17)25/h5-12H,4H2,1-3H3,(H,26,29). The van der Waals surface area contributed by atoms with Crippen molar-refractivity contribution in [3.8, 4) is 17.2 Å². The number of fused-ring (bicyclic) bond motifs is 1. The molecule has 1 amide bonds. The number of thiophene rings is 1. The Morgan fingerprint density at radius 2 is 1.91 bits per heavy atom. The lowest BCUT2D eigenvalue weighted by Crippen LogP contribution is -2.26. The first-order valence-corrected chi connectivity index (χ1v) is 11.3. The van der Waals surface area contributed by atoms with Crippen molar-refractivity contribution in [2.24, 2.45) is 0 Å². The molecule has 1 N–H and O–H groups in total. The molecule has 0 fully saturated rings. The van der Waals surface area contributed by atoms with Crippen LogP contribution in [0.1, 0.15) is 27.8 Å². The maximum atomic E-state index is 14.5. The number of nitrogens with one attached hydrogen (secondary N) is 1. The maximum Gasteiger partial charge on any atom is 0.359 e. The molecule has 0 aliphatic rings. The van der Waals surface area contributed by atoms with E-state index in [2.05, 4.69) is 10.4 Å². The molecule has 2 aromatic heterocycles. The number of nitrogens with zero attached hydrogens (tertiary/aromatic N) is 2. The maximum absolute atomic E-state index is 14.5. The Kier molecular flexibility index (Phi) is 6.78. The molecule has 2 aromatic carbocycles. The SMILES string of the molecule is CCOC(=O)c1nn(-c2ccccc2F)c(=O)c2c(NC(=O)c3ccc(OC)cc3OC)scc12. The number of carbonyl (C=O) groups is 2. The van der Waals surface area contributed by atoms with Crippen LogP contribution in [0.5, 0.6) is 11.5 Å². The third-order valence-corrected chi connectivity index (χ3v) is 5.98. The number of benzene rings is 2. The van der Waals surface area contributed by atoms with Gasteiger partial charge in [-0.2, -0.15) is 9.78 Å². The van der Waals surface area contributed by atoms with Gasteiger partial charge in [-0.25, -0.2) is 9.18 Å². The van der Waals surface area contributed by atoms with Gasteiger partial charge in [-0.05, 0) is 31.2 Å². The lowest BCUT2D eigenvalue weighted by atomic mass is 10.1. The number of amides is 1. The lowest BCUT2D eigenvalue weighted by molar-refractivity contribution is 0.0519. The van der Waals surface area contributed by atoms with Crippen LogP contribution in [0.4, 0.5) is 9.39 Å². The van der Waals surface area contributed by atoms with Crippen LogP contribution in [0.2, 0.25) is 0 Å². The Morgan fingerprint density at radius 1 is 1.14 bits per heavy atom. The zero-order valence-electron chi connectivity index (χ0n) is 19.0. The van der Waals surface area contributed by atoms with E-state index in [4.69, 9.17) is 14.2 Å². The number of hydrogen-bond acceptors (Lipinski definition) is 8. The molecule has 4 aromatic rings. The van der Waals surface area contributed by atoms with Gasteiger partial charge in [0, 0.05) is 16.8 Å². The van der Waals surface area contributed by atoms with Gasteiger partial charge in [0.15, 0.2) is 5.69 Å². The Bertz CT molecular complexity index is 1500. The fourth-order valence-electron chi connectivity index (χ4n) is 3.44. The molecular weight excluding hydrogens is 477 g/mol. The number of rotatable bonds is 7. The Morgan fingerprint density at radius 3 is 2.60 bits per heavy atom. The minimum Gasteiger partial charge on any atom is -0.497 e. The van der Waals surface area contributed by atoms with E-state index in [1.165, 1.54) is 49.9 Å². The van der Waals surface area contributed by atoms with E-state index >= 15 is 0 Å². The quantitative estimate of drug-likeness (QED) is 0.384. The molecule has 0 spiro atoms. The molecule has 0 aliphatic carbocycles. The highest BCUT2D eigenvalue weighted by Crippen LogP contribution is 2.32. The van der Waals surface area contributed by atoms with Gasteiger partial charge in [0.05, 0.1) is 31.8 Å². The first kappa shape index (κ1) is 23.9. The van der Waals surface area contributed by atoms with Crippen molar-refractivity contribution in [3.05, 3.63) is 75.3 Å². The van der Waals surface area contributed by atoms with E-state index in [9.17, 15) is 18.8 Å². The number of hydrogen-bond donors (Lipinski definition) is 1. The van der Waals surface area contributed by atoms with Crippen molar-refractivity contribution in [2.75, 3.05) is 26.1 Å². The van der Waals surface area contributed by atoms with Crippen LogP contribution in [0.15, 0.2) is 52.6 Å². The highest BCUT2D eigenvalue weighted by atomic mass is 32.1. The van der Waals surface area contributed by atoms with Crippen LogP contribution in [-0.2, 0) is 4.74 Å². The molecule has 2 heterocycles. The number of carbonyl (C=O) groups excluding carboxylic acids is 2. The van der Waals surface area contributed by atoms with Gasteiger partial charge in [-0.1, -0.05) is 12.1 Å². The van der Waals surface area contributed by atoms with Gasteiger partial charge in [0.2, 0.25) is 0 Å². The molecule has 0 saturated heterocycles. The molecule has 180 valence electrons. The van der Waals surface area contributed by atoms with E-state index < -0.39 is 23.3 Å². The van der Waals surface area contributed by atoms with Crippen molar-refractivity contribution in [2.45, 2.75) is 6.92 Å². The highest BCUT2D eigenvalue weighted by molar-refractivity contribution is 7.16. The van der Waals surface area contributed by atoms with Crippen LogP contribution in [0.25, 0.3) is 16.5 Å². The Labute approximate surface area is 202 Å². The van der Waals surface area contributed by atoms with Gasteiger partial charge in [0.25, 0.3) is 11.5 Å². The smallest absolute Gasteiger partial charge is 0.359 e. The molecule has 4 rings (SSSR count). The van der Waals surface area contributed by atoms with Crippen LogP contribution in [0.3, 0.4) is 0 Å². The number of para-hydroxylation sites is 1. The molecule has 11 heteroatoms. The summed E-state index contributed by atoms with van der Waals surface area (Å²) < 4.78 is 30.9. The number of anilines is 1. The Balaban J connectivity index is 1.87. The zero-order valence-corrected chi connectivity index (χ0v) is 19.8. The summed E-state index contributed by atoms with van der Waals surface area (Å²) in [7, 11) is 2.90. The van der Waals surface area contributed by atoms with Crippen molar-refractivity contribution in [1.29, 1.82) is 0 Å². The van der Waals surface area contributed by atoms with Crippen molar-refractivity contribution in [1.82, 2.24) is 9.78 Å². The van der Waals surface area contributed by atoms with Gasteiger partial charge in [-0.3, -0.25) is 9.59 Å². The van der Waals surface area contributed by atoms with Gasteiger partial charge in [-0.15, -0.1) is 11.3 Å². The lowest BCUT2D eigenvalue weighted by Gasteiger charge is -2.12. The van der Waals surface area contributed by atoms with E-state index in [1.807, 2.05) is 0 Å². The molecular formula is C24H20FN3O6S. The number of methoxy groups -OCH3 is 2. The molecule has 0 saturated carbocycles. The average molecular weight is 498 g/mol. The molecule has 9 nitrogen and oxygen atoms in total. The summed E-state index contributed by atoms with van der Waals surface area (Å²) in [6.07, 6.45) is 0. The minimum absolute atomic E-state index is 0.00265. The van der Waals surface area contributed by atoms with Gasteiger partial charge >= 0.3 is 5.97 Å². The number of halogens is 1. The van der Waals surface area contributed by atoms with Crippen molar-refractivity contribution >= 4 is 39.0 Å². The fraction of sp³-hybridized carbons (Fsp3) is 0.167. The summed E-state index contributed by atoms with van der Waals surface area (Å²) >= 11 is 1.03. The Hall–Kier alpha value is -4.25. The van der Waals surface area contributed by atoms with Crippen molar-refractivity contribution in [3.63, 3.8) is 0 Å². The molecule has 0 radical (unpaired) electrons. The predicted octanol–water partition coefficient (Wildman–Crippen LogP) is 4.03. The molecule has 0 unspecified atom stereocenters. The zero-order chi connectivity index (χ0) is 25.1. The second kappa shape index (κ2) is 9.94. The summed E-state index contributed by atoms with van der Waals surface area (Å²) in [4.78, 5) is 39.1. The summed E-state index contributed by atoms with van der Waals surface area (Å²) in [5, 5.41) is 8.65. The highest BCUT2D eigenvalue weighted by Gasteiger charge is 2.24. The van der Waals surface area contributed by atoms with Gasteiger partial charge < -0.3 is 19.5 Å². The summed E-state index contributed by atoms with van der Waals surface area (Å²) in [6, 6.07) is 10.2. The number of aromatic nitrogens is 2. The monoisotopic (exact) mass is 497 g/mol.